The monoisotopic (exact) mass is 418 g/mol. The van der Waals surface area contributed by atoms with Crippen molar-refractivity contribution in [3.05, 3.63) is 54.1 Å². The molecule has 0 aromatic heterocycles. The summed E-state index contributed by atoms with van der Waals surface area (Å²) < 4.78 is 37.7. The van der Waals surface area contributed by atoms with Crippen molar-refractivity contribution in [1.29, 1.82) is 0 Å². The topological polar surface area (TPSA) is 76.2 Å². The van der Waals surface area contributed by atoms with Gasteiger partial charge >= 0.3 is 0 Å². The van der Waals surface area contributed by atoms with E-state index in [1.54, 1.807) is 41.3 Å². The van der Waals surface area contributed by atoms with Gasteiger partial charge in [-0.15, -0.1) is 0 Å². The van der Waals surface area contributed by atoms with Crippen molar-refractivity contribution in [1.82, 2.24) is 9.21 Å². The van der Waals surface area contributed by atoms with Crippen LogP contribution in [0.1, 0.15) is 23.7 Å². The molecule has 3 rings (SSSR count). The minimum absolute atomic E-state index is 0.103. The zero-order valence-corrected chi connectivity index (χ0v) is 17.5. The molecule has 7 nitrogen and oxygen atoms in total. The molecule has 1 saturated heterocycles. The predicted molar refractivity (Wildman–Crippen MR) is 110 cm³/mol. The molecule has 1 aliphatic rings. The quantitative estimate of drug-likeness (QED) is 0.691. The first kappa shape index (κ1) is 21.1. The van der Waals surface area contributed by atoms with Gasteiger partial charge in [-0.3, -0.25) is 4.79 Å². The Morgan fingerprint density at radius 1 is 0.931 bits per heavy atom. The second-order valence-corrected chi connectivity index (χ2v) is 8.68. The summed E-state index contributed by atoms with van der Waals surface area (Å²) in [7, 11) is -2.06. The molecular formula is C21H26N2O5S. The fraction of sp³-hybridized carbons (Fsp3) is 0.381. The SMILES string of the molecule is CCCOc1ccc(C(=O)N2CCN(S(=O)(=O)c3ccc(OC)cc3)CC2)cc1. The Morgan fingerprint density at radius 3 is 2.07 bits per heavy atom. The van der Waals surface area contributed by atoms with Crippen molar-refractivity contribution in [3.8, 4) is 11.5 Å². The van der Waals surface area contributed by atoms with Crippen molar-refractivity contribution in [2.45, 2.75) is 18.2 Å². The minimum atomic E-state index is -3.59. The van der Waals surface area contributed by atoms with E-state index in [-0.39, 0.29) is 23.9 Å². The van der Waals surface area contributed by atoms with Crippen LogP contribution in [0.15, 0.2) is 53.4 Å². The zero-order chi connectivity index (χ0) is 20.9. The lowest BCUT2D eigenvalue weighted by Gasteiger charge is -2.34. The summed E-state index contributed by atoms with van der Waals surface area (Å²) in [5.74, 6) is 1.23. The van der Waals surface area contributed by atoms with Crippen LogP contribution in [0.4, 0.5) is 0 Å². The highest BCUT2D eigenvalue weighted by molar-refractivity contribution is 7.89. The number of amides is 1. The number of rotatable bonds is 7. The fourth-order valence-corrected chi connectivity index (χ4v) is 4.55. The van der Waals surface area contributed by atoms with Gasteiger partial charge in [0.2, 0.25) is 10.0 Å². The van der Waals surface area contributed by atoms with Gasteiger partial charge in [0.1, 0.15) is 11.5 Å². The normalized spacial score (nSPS) is 15.2. The van der Waals surface area contributed by atoms with Crippen molar-refractivity contribution >= 4 is 15.9 Å². The molecule has 2 aromatic carbocycles. The van der Waals surface area contributed by atoms with E-state index in [0.29, 0.717) is 31.0 Å². The molecule has 2 aromatic rings. The second kappa shape index (κ2) is 9.28. The van der Waals surface area contributed by atoms with Crippen LogP contribution in [0.2, 0.25) is 0 Å². The number of hydrogen-bond donors (Lipinski definition) is 0. The van der Waals surface area contributed by atoms with Crippen LogP contribution in [0.25, 0.3) is 0 Å². The molecule has 0 bridgehead atoms. The van der Waals surface area contributed by atoms with Gasteiger partial charge in [-0.1, -0.05) is 6.92 Å². The maximum absolute atomic E-state index is 12.8. The molecule has 0 aliphatic carbocycles. The van der Waals surface area contributed by atoms with Gasteiger partial charge < -0.3 is 14.4 Å². The molecule has 0 spiro atoms. The largest absolute Gasteiger partial charge is 0.497 e. The summed E-state index contributed by atoms with van der Waals surface area (Å²) in [4.78, 5) is 14.6. The fourth-order valence-electron chi connectivity index (χ4n) is 3.12. The molecule has 1 heterocycles. The zero-order valence-electron chi connectivity index (χ0n) is 16.7. The highest BCUT2D eigenvalue weighted by Crippen LogP contribution is 2.21. The van der Waals surface area contributed by atoms with E-state index >= 15 is 0 Å². The van der Waals surface area contributed by atoms with E-state index < -0.39 is 10.0 Å². The van der Waals surface area contributed by atoms with E-state index in [0.717, 1.165) is 12.2 Å². The molecule has 0 atom stereocenters. The summed E-state index contributed by atoms with van der Waals surface area (Å²) in [5.41, 5.74) is 0.570. The maximum atomic E-state index is 12.8. The third-order valence-electron chi connectivity index (χ3n) is 4.80. The number of sulfonamides is 1. The van der Waals surface area contributed by atoms with Crippen molar-refractivity contribution in [2.24, 2.45) is 0 Å². The number of ether oxygens (including phenoxy) is 2. The Hall–Kier alpha value is -2.58. The first-order valence-corrected chi connectivity index (χ1v) is 11.1. The number of piperazine rings is 1. The van der Waals surface area contributed by atoms with Gasteiger partial charge in [0.15, 0.2) is 0 Å². The highest BCUT2D eigenvalue weighted by Gasteiger charge is 2.30. The lowest BCUT2D eigenvalue weighted by atomic mass is 10.2. The Labute approximate surface area is 171 Å². The van der Waals surface area contributed by atoms with Gasteiger partial charge in [-0.05, 0) is 55.0 Å². The van der Waals surface area contributed by atoms with Crippen LogP contribution in [-0.2, 0) is 10.0 Å². The van der Waals surface area contributed by atoms with Crippen molar-refractivity contribution < 1.29 is 22.7 Å². The number of hydrogen-bond acceptors (Lipinski definition) is 5. The van der Waals surface area contributed by atoms with Crippen LogP contribution in [0.5, 0.6) is 11.5 Å². The van der Waals surface area contributed by atoms with Gasteiger partial charge in [0.25, 0.3) is 5.91 Å². The third kappa shape index (κ3) is 4.89. The van der Waals surface area contributed by atoms with Crippen molar-refractivity contribution in [3.63, 3.8) is 0 Å². The molecule has 0 saturated carbocycles. The molecule has 29 heavy (non-hydrogen) atoms. The number of methoxy groups -OCH3 is 1. The van der Waals surface area contributed by atoms with Crippen LogP contribution >= 0.6 is 0 Å². The molecule has 0 N–H and O–H groups in total. The second-order valence-electron chi connectivity index (χ2n) is 6.74. The summed E-state index contributed by atoms with van der Waals surface area (Å²) in [6, 6.07) is 13.4. The highest BCUT2D eigenvalue weighted by atomic mass is 32.2. The lowest BCUT2D eigenvalue weighted by Crippen LogP contribution is -2.50. The minimum Gasteiger partial charge on any atom is -0.497 e. The number of nitrogens with zero attached hydrogens (tertiary/aromatic N) is 2. The molecule has 1 aliphatic heterocycles. The first-order chi connectivity index (χ1) is 14.0. The van der Waals surface area contributed by atoms with Gasteiger partial charge in [0, 0.05) is 31.7 Å². The molecule has 156 valence electrons. The van der Waals surface area contributed by atoms with Crippen LogP contribution in [0.3, 0.4) is 0 Å². The Kier molecular flexibility index (Phi) is 6.76. The molecule has 0 unspecified atom stereocenters. The summed E-state index contributed by atoms with van der Waals surface area (Å²) in [5, 5.41) is 0. The van der Waals surface area contributed by atoms with Gasteiger partial charge in [-0.2, -0.15) is 4.31 Å². The maximum Gasteiger partial charge on any atom is 0.253 e. The van der Waals surface area contributed by atoms with E-state index in [1.807, 2.05) is 6.92 Å². The molecular weight excluding hydrogens is 392 g/mol. The van der Waals surface area contributed by atoms with Gasteiger partial charge in [0.05, 0.1) is 18.6 Å². The standard InChI is InChI=1S/C21H26N2O5S/c1-3-16-28-19-6-4-17(5-7-19)21(24)22-12-14-23(15-13-22)29(25,26)20-10-8-18(27-2)9-11-20/h4-11H,3,12-16H2,1-2H3. The molecule has 0 radical (unpaired) electrons. The molecule has 1 fully saturated rings. The van der Waals surface area contributed by atoms with E-state index in [2.05, 4.69) is 0 Å². The predicted octanol–water partition coefficient (Wildman–Crippen LogP) is 2.63. The van der Waals surface area contributed by atoms with E-state index in [1.165, 1.54) is 23.5 Å². The lowest BCUT2D eigenvalue weighted by molar-refractivity contribution is 0.0698. The van der Waals surface area contributed by atoms with E-state index in [9.17, 15) is 13.2 Å². The Balaban J connectivity index is 1.61. The van der Waals surface area contributed by atoms with Crippen molar-refractivity contribution in [2.75, 3.05) is 39.9 Å². The van der Waals surface area contributed by atoms with Crippen LogP contribution in [0, 0.1) is 0 Å². The van der Waals surface area contributed by atoms with Gasteiger partial charge in [-0.25, -0.2) is 8.42 Å². The van der Waals surface area contributed by atoms with Crippen LogP contribution < -0.4 is 9.47 Å². The summed E-state index contributed by atoms with van der Waals surface area (Å²) in [6.45, 7) is 3.89. The first-order valence-electron chi connectivity index (χ1n) is 9.62. The third-order valence-corrected chi connectivity index (χ3v) is 6.71. The molecule has 1 amide bonds. The molecule has 8 heteroatoms. The number of benzene rings is 2. The average Bonchev–Trinajstić information content (AvgIpc) is 2.77. The average molecular weight is 419 g/mol. The van der Waals surface area contributed by atoms with E-state index in [4.69, 9.17) is 9.47 Å². The summed E-state index contributed by atoms with van der Waals surface area (Å²) >= 11 is 0. The Morgan fingerprint density at radius 2 is 1.52 bits per heavy atom. The smallest absolute Gasteiger partial charge is 0.253 e. The van der Waals surface area contributed by atoms with Crippen LogP contribution in [-0.4, -0.2) is 63.4 Å². The summed E-state index contributed by atoms with van der Waals surface area (Å²) in [6.07, 6.45) is 0.921. The Bertz CT molecular complexity index is 919. The number of carbonyl (C=O) groups excluding carboxylic acids is 1. The number of carbonyl (C=O) groups is 1.